The van der Waals surface area contributed by atoms with Gasteiger partial charge in [-0.15, -0.1) is 11.3 Å². The Bertz CT molecular complexity index is 1450. The Morgan fingerprint density at radius 1 is 0.909 bits per heavy atom. The summed E-state index contributed by atoms with van der Waals surface area (Å²) >= 11 is 7.12. The second kappa shape index (κ2) is 8.61. The van der Waals surface area contributed by atoms with Crippen molar-refractivity contribution in [1.29, 1.82) is 0 Å². The van der Waals surface area contributed by atoms with Gasteiger partial charge in [0.05, 0.1) is 16.9 Å². The molecule has 0 saturated carbocycles. The Labute approximate surface area is 197 Å². The van der Waals surface area contributed by atoms with Crippen molar-refractivity contribution in [3.05, 3.63) is 101 Å². The number of para-hydroxylation sites is 1. The normalized spacial score (nSPS) is 11.0. The maximum absolute atomic E-state index is 13.4. The highest BCUT2D eigenvalue weighted by Gasteiger charge is 2.23. The molecule has 0 bridgehead atoms. The molecule has 0 fully saturated rings. The number of aromatic carboxylic acids is 1. The van der Waals surface area contributed by atoms with Crippen LogP contribution in [0.1, 0.15) is 9.67 Å². The standard InChI is InChI=1S/C25H15ClFN3O2S/c26-17-10-6-15(7-11-17)21-20(14-30(29-21)19-4-2-1-3-5-19)24-28-22(23(33-24)25(31)32)16-8-12-18(27)13-9-16/h1-14H,(H,31,32). The van der Waals surface area contributed by atoms with Crippen LogP contribution in [-0.4, -0.2) is 25.8 Å². The lowest BCUT2D eigenvalue weighted by molar-refractivity contribution is 0.0702. The summed E-state index contributed by atoms with van der Waals surface area (Å²) in [6, 6.07) is 22.5. The van der Waals surface area contributed by atoms with Crippen molar-refractivity contribution in [2.75, 3.05) is 0 Å². The number of nitrogens with zero attached hydrogens (tertiary/aromatic N) is 3. The highest BCUT2D eigenvalue weighted by atomic mass is 35.5. The minimum Gasteiger partial charge on any atom is -0.477 e. The van der Waals surface area contributed by atoms with E-state index in [1.807, 2.05) is 48.7 Å². The van der Waals surface area contributed by atoms with Gasteiger partial charge in [-0.3, -0.25) is 0 Å². The molecule has 5 aromatic rings. The molecule has 5 nitrogen and oxygen atoms in total. The first-order chi connectivity index (χ1) is 16.0. The Hall–Kier alpha value is -3.81. The molecule has 0 atom stereocenters. The Kier molecular flexibility index (Phi) is 5.50. The van der Waals surface area contributed by atoms with Gasteiger partial charge in [0.15, 0.2) is 0 Å². The highest BCUT2D eigenvalue weighted by Crippen LogP contribution is 2.39. The number of carboxylic acids is 1. The number of halogens is 2. The molecule has 0 aliphatic rings. The SMILES string of the molecule is O=C(O)c1sc(-c2cn(-c3ccccc3)nc2-c2ccc(Cl)cc2)nc1-c1ccc(F)cc1. The van der Waals surface area contributed by atoms with Gasteiger partial charge in [-0.2, -0.15) is 5.10 Å². The second-order valence-electron chi connectivity index (χ2n) is 7.19. The molecule has 0 aliphatic heterocycles. The molecule has 0 aliphatic carbocycles. The molecule has 0 radical (unpaired) electrons. The fourth-order valence-electron chi connectivity index (χ4n) is 3.45. The number of hydrogen-bond acceptors (Lipinski definition) is 4. The molecular weight excluding hydrogens is 461 g/mol. The number of rotatable bonds is 5. The van der Waals surface area contributed by atoms with Crippen molar-refractivity contribution in [3.8, 4) is 38.8 Å². The molecule has 0 unspecified atom stereocenters. The lowest BCUT2D eigenvalue weighted by Crippen LogP contribution is -1.95. The Morgan fingerprint density at radius 3 is 2.21 bits per heavy atom. The summed E-state index contributed by atoms with van der Waals surface area (Å²) in [5.41, 5.74) is 3.82. The average molecular weight is 476 g/mol. The summed E-state index contributed by atoms with van der Waals surface area (Å²) in [5.74, 6) is -1.50. The minimum atomic E-state index is -1.10. The van der Waals surface area contributed by atoms with Crippen molar-refractivity contribution in [1.82, 2.24) is 14.8 Å². The van der Waals surface area contributed by atoms with Crippen LogP contribution in [0.25, 0.3) is 38.8 Å². The minimum absolute atomic E-state index is 0.0751. The van der Waals surface area contributed by atoms with E-state index in [4.69, 9.17) is 16.7 Å². The highest BCUT2D eigenvalue weighted by molar-refractivity contribution is 7.17. The largest absolute Gasteiger partial charge is 0.477 e. The Balaban J connectivity index is 1.70. The van der Waals surface area contributed by atoms with Crippen LogP contribution in [-0.2, 0) is 0 Å². The zero-order valence-electron chi connectivity index (χ0n) is 16.9. The zero-order chi connectivity index (χ0) is 22.9. The number of hydrogen-bond donors (Lipinski definition) is 1. The van der Waals surface area contributed by atoms with Crippen LogP contribution in [0, 0.1) is 5.82 Å². The molecule has 33 heavy (non-hydrogen) atoms. The van der Waals surface area contributed by atoms with Crippen LogP contribution in [0.2, 0.25) is 5.02 Å². The van der Waals surface area contributed by atoms with Gasteiger partial charge in [-0.1, -0.05) is 41.9 Å². The van der Waals surface area contributed by atoms with E-state index in [2.05, 4.69) is 4.98 Å². The lowest BCUT2D eigenvalue weighted by Gasteiger charge is -2.01. The van der Waals surface area contributed by atoms with E-state index in [-0.39, 0.29) is 10.6 Å². The second-order valence-corrected chi connectivity index (χ2v) is 8.62. The number of thiazole rings is 1. The summed E-state index contributed by atoms with van der Waals surface area (Å²) in [7, 11) is 0. The smallest absolute Gasteiger partial charge is 0.348 e. The fraction of sp³-hybridized carbons (Fsp3) is 0. The molecule has 0 spiro atoms. The van der Waals surface area contributed by atoms with Gasteiger partial charge in [0.2, 0.25) is 0 Å². The predicted molar refractivity (Wildman–Crippen MR) is 127 cm³/mol. The van der Waals surface area contributed by atoms with Gasteiger partial charge in [0.25, 0.3) is 0 Å². The van der Waals surface area contributed by atoms with Crippen LogP contribution >= 0.6 is 22.9 Å². The molecular formula is C25H15ClFN3O2S. The third-order valence-corrected chi connectivity index (χ3v) is 6.35. The first kappa shape index (κ1) is 21.1. The van der Waals surface area contributed by atoms with Crippen molar-refractivity contribution in [2.45, 2.75) is 0 Å². The van der Waals surface area contributed by atoms with E-state index in [0.29, 0.717) is 26.9 Å². The number of benzene rings is 3. The van der Waals surface area contributed by atoms with Gasteiger partial charge >= 0.3 is 5.97 Å². The number of carboxylic acid groups (broad SMARTS) is 1. The van der Waals surface area contributed by atoms with E-state index in [1.54, 1.807) is 16.8 Å². The first-order valence-electron chi connectivity index (χ1n) is 9.91. The third-order valence-electron chi connectivity index (χ3n) is 5.02. The first-order valence-corrected chi connectivity index (χ1v) is 11.1. The maximum Gasteiger partial charge on any atom is 0.348 e. The molecule has 8 heteroatoms. The monoisotopic (exact) mass is 475 g/mol. The zero-order valence-corrected chi connectivity index (χ0v) is 18.5. The molecule has 0 amide bonds. The van der Waals surface area contributed by atoms with Crippen molar-refractivity contribution in [2.24, 2.45) is 0 Å². The quantitative estimate of drug-likeness (QED) is 0.303. The van der Waals surface area contributed by atoms with Crippen LogP contribution in [0.4, 0.5) is 4.39 Å². The molecule has 0 saturated heterocycles. The van der Waals surface area contributed by atoms with Crippen molar-refractivity contribution >= 4 is 28.9 Å². The van der Waals surface area contributed by atoms with Gasteiger partial charge < -0.3 is 5.11 Å². The number of carbonyl (C=O) groups is 1. The van der Waals surface area contributed by atoms with Gasteiger partial charge in [0, 0.05) is 22.3 Å². The van der Waals surface area contributed by atoms with E-state index in [9.17, 15) is 14.3 Å². The number of aromatic nitrogens is 3. The van der Waals surface area contributed by atoms with Crippen LogP contribution in [0.15, 0.2) is 85.1 Å². The topological polar surface area (TPSA) is 68.0 Å². The summed E-state index contributed by atoms with van der Waals surface area (Å²) in [5, 5.41) is 15.7. The van der Waals surface area contributed by atoms with E-state index < -0.39 is 11.8 Å². The van der Waals surface area contributed by atoms with Crippen LogP contribution in [0.5, 0.6) is 0 Å². The van der Waals surface area contributed by atoms with Crippen LogP contribution < -0.4 is 0 Å². The summed E-state index contributed by atoms with van der Waals surface area (Å²) in [6.07, 6.45) is 1.83. The van der Waals surface area contributed by atoms with E-state index >= 15 is 0 Å². The van der Waals surface area contributed by atoms with Gasteiger partial charge in [-0.25, -0.2) is 18.9 Å². The molecule has 3 aromatic carbocycles. The van der Waals surface area contributed by atoms with Crippen molar-refractivity contribution < 1.29 is 14.3 Å². The molecule has 2 heterocycles. The Morgan fingerprint density at radius 2 is 1.55 bits per heavy atom. The maximum atomic E-state index is 13.4. The van der Waals surface area contributed by atoms with Crippen LogP contribution in [0.3, 0.4) is 0 Å². The lowest BCUT2D eigenvalue weighted by atomic mass is 10.1. The van der Waals surface area contributed by atoms with E-state index in [1.165, 1.54) is 24.3 Å². The molecule has 1 N–H and O–H groups in total. The fourth-order valence-corrected chi connectivity index (χ4v) is 4.51. The van der Waals surface area contributed by atoms with Gasteiger partial charge in [-0.05, 0) is 48.5 Å². The molecule has 162 valence electrons. The third kappa shape index (κ3) is 4.16. The summed E-state index contributed by atoms with van der Waals surface area (Å²) < 4.78 is 15.1. The van der Waals surface area contributed by atoms with Gasteiger partial charge in [0.1, 0.15) is 21.4 Å². The van der Waals surface area contributed by atoms with Crippen molar-refractivity contribution in [3.63, 3.8) is 0 Å². The predicted octanol–water partition coefficient (Wildman–Crippen LogP) is 6.82. The summed E-state index contributed by atoms with van der Waals surface area (Å²) in [4.78, 5) is 16.7. The van der Waals surface area contributed by atoms with E-state index in [0.717, 1.165) is 22.6 Å². The summed E-state index contributed by atoms with van der Waals surface area (Å²) in [6.45, 7) is 0. The molecule has 2 aromatic heterocycles. The average Bonchev–Trinajstić information content (AvgIpc) is 3.46. The molecule has 5 rings (SSSR count).